The summed E-state index contributed by atoms with van der Waals surface area (Å²) in [6.45, 7) is 2.16. The number of hydrogen-bond donors (Lipinski definition) is 1. The lowest BCUT2D eigenvalue weighted by Gasteiger charge is -2.08. The van der Waals surface area contributed by atoms with E-state index in [9.17, 15) is 4.79 Å². The van der Waals surface area contributed by atoms with Crippen molar-refractivity contribution in [2.24, 2.45) is 5.73 Å². The van der Waals surface area contributed by atoms with Gasteiger partial charge in [0.25, 0.3) is 0 Å². The monoisotopic (exact) mass is 398 g/mol. The van der Waals surface area contributed by atoms with Crippen LogP contribution in [0.5, 0.6) is 11.5 Å². The fourth-order valence-electron chi connectivity index (χ4n) is 3.40. The van der Waals surface area contributed by atoms with E-state index in [2.05, 4.69) is 4.98 Å². The van der Waals surface area contributed by atoms with Crippen molar-refractivity contribution in [3.8, 4) is 40.0 Å². The summed E-state index contributed by atoms with van der Waals surface area (Å²) in [7, 11) is 0. The number of fused-ring (bicyclic) bond motifs is 1. The summed E-state index contributed by atoms with van der Waals surface area (Å²) in [6.07, 6.45) is 1.94. The molecule has 5 rings (SSSR count). The quantitative estimate of drug-likeness (QED) is 0.565. The van der Waals surface area contributed by atoms with Crippen molar-refractivity contribution >= 4 is 5.91 Å². The number of hydrogen-bond acceptors (Lipinski definition) is 5. The Balaban J connectivity index is 1.65. The van der Waals surface area contributed by atoms with E-state index in [0.717, 1.165) is 34.1 Å². The smallest absolute Gasteiger partial charge is 0.248 e. The number of benzene rings is 2. The Hall–Kier alpha value is -4.13. The molecule has 0 bridgehead atoms. The third-order valence-electron chi connectivity index (χ3n) is 4.92. The SMILES string of the molecule is Cc1cccc(-c2nc(-c3ccc(C(N)=O)cc3)cn2-c2ccc3c(c2)OCO3)n1. The number of ether oxygens (including phenoxy) is 2. The molecule has 1 amide bonds. The molecule has 0 unspecified atom stereocenters. The Labute approximate surface area is 172 Å². The minimum atomic E-state index is -0.461. The first kappa shape index (κ1) is 17.9. The van der Waals surface area contributed by atoms with E-state index in [-0.39, 0.29) is 6.79 Å². The van der Waals surface area contributed by atoms with Crippen molar-refractivity contribution in [2.45, 2.75) is 6.92 Å². The number of aryl methyl sites for hydroxylation is 1. The highest BCUT2D eigenvalue weighted by Crippen LogP contribution is 2.35. The molecular weight excluding hydrogens is 380 g/mol. The van der Waals surface area contributed by atoms with Gasteiger partial charge in [-0.05, 0) is 43.3 Å². The molecule has 2 N–H and O–H groups in total. The van der Waals surface area contributed by atoms with E-state index in [1.807, 2.05) is 66.2 Å². The second-order valence-corrected chi connectivity index (χ2v) is 6.96. The number of rotatable bonds is 4. The highest BCUT2D eigenvalue weighted by Gasteiger charge is 2.18. The molecule has 0 atom stereocenters. The van der Waals surface area contributed by atoms with Crippen LogP contribution in [0.15, 0.2) is 66.9 Å². The first-order valence-corrected chi connectivity index (χ1v) is 9.42. The number of aromatic nitrogens is 3. The first-order valence-electron chi connectivity index (χ1n) is 9.42. The molecule has 2 aromatic carbocycles. The Bertz CT molecular complexity index is 1260. The Morgan fingerprint density at radius 2 is 1.77 bits per heavy atom. The molecule has 0 aliphatic carbocycles. The number of amides is 1. The van der Waals surface area contributed by atoms with Gasteiger partial charge in [0.05, 0.1) is 11.4 Å². The number of pyridine rings is 1. The number of imidazole rings is 1. The van der Waals surface area contributed by atoms with E-state index >= 15 is 0 Å². The van der Waals surface area contributed by atoms with Gasteiger partial charge in [-0.3, -0.25) is 9.36 Å². The number of nitrogens with two attached hydrogens (primary N) is 1. The molecule has 7 nitrogen and oxygen atoms in total. The largest absolute Gasteiger partial charge is 0.454 e. The zero-order chi connectivity index (χ0) is 20.7. The van der Waals surface area contributed by atoms with Gasteiger partial charge < -0.3 is 15.2 Å². The summed E-state index contributed by atoms with van der Waals surface area (Å²) >= 11 is 0. The van der Waals surface area contributed by atoms with Crippen LogP contribution in [0.1, 0.15) is 16.1 Å². The molecule has 2 aromatic heterocycles. The van der Waals surface area contributed by atoms with Crippen LogP contribution in [0.4, 0.5) is 0 Å². The fourth-order valence-corrected chi connectivity index (χ4v) is 3.40. The Kier molecular flexibility index (Phi) is 4.21. The van der Waals surface area contributed by atoms with Crippen molar-refractivity contribution in [2.75, 3.05) is 6.79 Å². The lowest BCUT2D eigenvalue weighted by atomic mass is 10.1. The van der Waals surface area contributed by atoms with E-state index in [1.54, 1.807) is 12.1 Å². The van der Waals surface area contributed by atoms with Gasteiger partial charge in [-0.2, -0.15) is 0 Å². The fraction of sp³-hybridized carbons (Fsp3) is 0.0870. The molecule has 1 aliphatic heterocycles. The van der Waals surface area contributed by atoms with Crippen LogP contribution in [0.3, 0.4) is 0 Å². The Morgan fingerprint density at radius 3 is 2.53 bits per heavy atom. The molecule has 0 saturated carbocycles. The lowest BCUT2D eigenvalue weighted by Crippen LogP contribution is -2.10. The van der Waals surface area contributed by atoms with E-state index in [4.69, 9.17) is 20.2 Å². The number of nitrogens with zero attached hydrogens (tertiary/aromatic N) is 3. The normalized spacial score (nSPS) is 12.2. The first-order chi connectivity index (χ1) is 14.6. The number of primary amides is 1. The van der Waals surface area contributed by atoms with Gasteiger partial charge in [0.1, 0.15) is 5.69 Å². The van der Waals surface area contributed by atoms with Gasteiger partial charge in [-0.15, -0.1) is 0 Å². The van der Waals surface area contributed by atoms with Gasteiger partial charge in [-0.25, -0.2) is 9.97 Å². The third-order valence-corrected chi connectivity index (χ3v) is 4.92. The van der Waals surface area contributed by atoms with Crippen LogP contribution in [0.25, 0.3) is 28.5 Å². The topological polar surface area (TPSA) is 92.3 Å². The van der Waals surface area contributed by atoms with Crippen molar-refractivity contribution in [3.05, 3.63) is 78.1 Å². The highest BCUT2D eigenvalue weighted by molar-refractivity contribution is 5.93. The molecule has 148 valence electrons. The van der Waals surface area contributed by atoms with E-state index < -0.39 is 5.91 Å². The summed E-state index contributed by atoms with van der Waals surface area (Å²) in [5, 5.41) is 0. The van der Waals surface area contributed by atoms with Crippen LogP contribution in [-0.4, -0.2) is 27.2 Å². The number of carbonyl (C=O) groups excluding carboxylic acids is 1. The van der Waals surface area contributed by atoms with Gasteiger partial charge in [-0.1, -0.05) is 18.2 Å². The average molecular weight is 398 g/mol. The maximum absolute atomic E-state index is 11.4. The molecule has 7 heteroatoms. The van der Waals surface area contributed by atoms with Crippen LogP contribution in [-0.2, 0) is 0 Å². The van der Waals surface area contributed by atoms with Gasteiger partial charge in [0.2, 0.25) is 12.7 Å². The molecule has 4 aromatic rings. The molecule has 0 fully saturated rings. The van der Waals surface area contributed by atoms with Crippen LogP contribution in [0, 0.1) is 6.92 Å². The van der Waals surface area contributed by atoms with Crippen LogP contribution >= 0.6 is 0 Å². The second kappa shape index (κ2) is 7.04. The maximum atomic E-state index is 11.4. The predicted octanol–water partition coefficient (Wildman–Crippen LogP) is 3.74. The van der Waals surface area contributed by atoms with Gasteiger partial charge in [0, 0.05) is 29.1 Å². The molecule has 1 aliphatic rings. The molecule has 3 heterocycles. The number of carbonyl (C=O) groups is 1. The molecule has 0 saturated heterocycles. The minimum Gasteiger partial charge on any atom is -0.454 e. The van der Waals surface area contributed by atoms with Gasteiger partial charge in [0.15, 0.2) is 17.3 Å². The molecule has 0 radical (unpaired) electrons. The summed E-state index contributed by atoms with van der Waals surface area (Å²) in [6, 6.07) is 18.6. The second-order valence-electron chi connectivity index (χ2n) is 6.96. The van der Waals surface area contributed by atoms with Crippen LogP contribution in [0.2, 0.25) is 0 Å². The maximum Gasteiger partial charge on any atom is 0.248 e. The van der Waals surface area contributed by atoms with Crippen molar-refractivity contribution < 1.29 is 14.3 Å². The Morgan fingerprint density at radius 1 is 0.967 bits per heavy atom. The third kappa shape index (κ3) is 3.16. The van der Waals surface area contributed by atoms with Crippen LogP contribution < -0.4 is 15.2 Å². The zero-order valence-corrected chi connectivity index (χ0v) is 16.2. The summed E-state index contributed by atoms with van der Waals surface area (Å²) in [4.78, 5) is 20.9. The highest BCUT2D eigenvalue weighted by atomic mass is 16.7. The summed E-state index contributed by atoms with van der Waals surface area (Å²) in [5.41, 5.74) is 9.97. The van der Waals surface area contributed by atoms with E-state index in [0.29, 0.717) is 17.1 Å². The molecule has 30 heavy (non-hydrogen) atoms. The minimum absolute atomic E-state index is 0.215. The van der Waals surface area contributed by atoms with Gasteiger partial charge >= 0.3 is 0 Å². The molecular formula is C23H18N4O3. The summed E-state index contributed by atoms with van der Waals surface area (Å²) < 4.78 is 12.9. The van der Waals surface area contributed by atoms with Crippen molar-refractivity contribution in [1.82, 2.24) is 14.5 Å². The van der Waals surface area contributed by atoms with Crippen molar-refractivity contribution in [3.63, 3.8) is 0 Å². The predicted molar refractivity (Wildman–Crippen MR) is 112 cm³/mol. The summed E-state index contributed by atoms with van der Waals surface area (Å²) in [5.74, 6) is 1.65. The lowest BCUT2D eigenvalue weighted by molar-refractivity contribution is 0.100. The standard InChI is InChI=1S/C23H18N4O3/c1-14-3-2-4-18(25-14)23-26-19(15-5-7-16(8-6-15)22(24)28)12-27(23)17-9-10-20-21(11-17)30-13-29-20/h2-12H,13H2,1H3,(H2,24,28). The van der Waals surface area contributed by atoms with Crippen molar-refractivity contribution in [1.29, 1.82) is 0 Å². The van der Waals surface area contributed by atoms with E-state index in [1.165, 1.54) is 0 Å². The average Bonchev–Trinajstić information content (AvgIpc) is 3.40. The zero-order valence-electron chi connectivity index (χ0n) is 16.2. The molecule has 0 spiro atoms.